The molecule has 0 bridgehead atoms. The summed E-state index contributed by atoms with van der Waals surface area (Å²) >= 11 is 0. The maximum atomic E-state index is 11.8. The predicted octanol–water partition coefficient (Wildman–Crippen LogP) is 0.313. The molecule has 1 aliphatic heterocycles. The van der Waals surface area contributed by atoms with E-state index < -0.39 is 11.9 Å². The standard InChI is InChI=1S/C11H19NO4/c1-2-16-11(15)10(14)12-7-5-3-4-6-9(12)8-13/h9,13H,2-8H2,1H3. The highest BCUT2D eigenvalue weighted by molar-refractivity contribution is 6.32. The molecule has 1 fully saturated rings. The Balaban J connectivity index is 2.65. The summed E-state index contributed by atoms with van der Waals surface area (Å²) in [6.45, 7) is 2.30. The molecule has 0 aromatic rings. The number of aliphatic hydroxyl groups is 1. The molecular weight excluding hydrogens is 210 g/mol. The van der Waals surface area contributed by atoms with Crippen LogP contribution >= 0.6 is 0 Å². The molecule has 0 saturated carbocycles. The van der Waals surface area contributed by atoms with E-state index in [9.17, 15) is 14.7 Å². The van der Waals surface area contributed by atoms with Gasteiger partial charge in [-0.05, 0) is 19.8 Å². The van der Waals surface area contributed by atoms with Gasteiger partial charge >= 0.3 is 11.9 Å². The van der Waals surface area contributed by atoms with E-state index >= 15 is 0 Å². The molecule has 1 heterocycles. The molecule has 0 radical (unpaired) electrons. The molecule has 1 N–H and O–H groups in total. The van der Waals surface area contributed by atoms with Gasteiger partial charge in [0.2, 0.25) is 0 Å². The minimum Gasteiger partial charge on any atom is -0.459 e. The minimum atomic E-state index is -0.817. The monoisotopic (exact) mass is 229 g/mol. The first-order chi connectivity index (χ1) is 7.70. The molecule has 1 amide bonds. The van der Waals surface area contributed by atoms with Gasteiger partial charge in [-0.1, -0.05) is 12.8 Å². The third-order valence-electron chi connectivity index (χ3n) is 2.80. The first-order valence-corrected chi connectivity index (χ1v) is 5.79. The average molecular weight is 229 g/mol. The number of hydrogen-bond donors (Lipinski definition) is 1. The Bertz CT molecular complexity index is 254. The van der Waals surface area contributed by atoms with E-state index in [0.717, 1.165) is 25.7 Å². The van der Waals surface area contributed by atoms with Crippen LogP contribution in [-0.4, -0.2) is 47.7 Å². The lowest BCUT2D eigenvalue weighted by atomic mass is 10.1. The summed E-state index contributed by atoms with van der Waals surface area (Å²) in [5.41, 5.74) is 0. The van der Waals surface area contributed by atoms with Crippen LogP contribution in [-0.2, 0) is 14.3 Å². The maximum Gasteiger partial charge on any atom is 0.397 e. The molecule has 0 aliphatic carbocycles. The van der Waals surface area contributed by atoms with Crippen molar-refractivity contribution in [2.45, 2.75) is 38.6 Å². The molecule has 92 valence electrons. The zero-order valence-corrected chi connectivity index (χ0v) is 9.65. The van der Waals surface area contributed by atoms with Crippen molar-refractivity contribution >= 4 is 11.9 Å². The van der Waals surface area contributed by atoms with Crippen LogP contribution in [0, 0.1) is 0 Å². The summed E-state index contributed by atoms with van der Waals surface area (Å²) in [5, 5.41) is 9.20. The quantitative estimate of drug-likeness (QED) is 0.547. The van der Waals surface area contributed by atoms with Crippen molar-refractivity contribution in [3.63, 3.8) is 0 Å². The van der Waals surface area contributed by atoms with Crippen molar-refractivity contribution in [3.8, 4) is 0 Å². The highest BCUT2D eigenvalue weighted by Crippen LogP contribution is 2.16. The average Bonchev–Trinajstić information content (AvgIpc) is 2.53. The Hall–Kier alpha value is -1.10. The molecule has 16 heavy (non-hydrogen) atoms. The van der Waals surface area contributed by atoms with Crippen molar-refractivity contribution in [1.82, 2.24) is 4.90 Å². The highest BCUT2D eigenvalue weighted by atomic mass is 16.5. The fraction of sp³-hybridized carbons (Fsp3) is 0.818. The lowest BCUT2D eigenvalue weighted by Gasteiger charge is -2.27. The van der Waals surface area contributed by atoms with Crippen LogP contribution in [0.25, 0.3) is 0 Å². The van der Waals surface area contributed by atoms with E-state index in [-0.39, 0.29) is 19.3 Å². The molecule has 0 spiro atoms. The van der Waals surface area contributed by atoms with Crippen LogP contribution in [0.5, 0.6) is 0 Å². The van der Waals surface area contributed by atoms with Crippen molar-refractivity contribution < 1.29 is 19.4 Å². The summed E-state index contributed by atoms with van der Waals surface area (Å²) in [4.78, 5) is 24.5. The SMILES string of the molecule is CCOC(=O)C(=O)N1CCCCCC1CO. The normalized spacial score (nSPS) is 21.4. The number of carbonyl (C=O) groups is 2. The van der Waals surface area contributed by atoms with Gasteiger partial charge in [-0.15, -0.1) is 0 Å². The van der Waals surface area contributed by atoms with Crippen LogP contribution in [0.3, 0.4) is 0 Å². The smallest absolute Gasteiger partial charge is 0.397 e. The Morgan fingerprint density at radius 3 is 2.75 bits per heavy atom. The fourth-order valence-electron chi connectivity index (χ4n) is 1.94. The van der Waals surface area contributed by atoms with Gasteiger partial charge in [0, 0.05) is 6.54 Å². The van der Waals surface area contributed by atoms with Gasteiger partial charge in [-0.2, -0.15) is 0 Å². The van der Waals surface area contributed by atoms with Crippen molar-refractivity contribution in [2.24, 2.45) is 0 Å². The molecular formula is C11H19NO4. The largest absolute Gasteiger partial charge is 0.459 e. The molecule has 0 aromatic carbocycles. The lowest BCUT2D eigenvalue weighted by molar-refractivity contribution is -0.161. The first-order valence-electron chi connectivity index (χ1n) is 5.79. The molecule has 5 nitrogen and oxygen atoms in total. The van der Waals surface area contributed by atoms with Crippen LogP contribution in [0.4, 0.5) is 0 Å². The van der Waals surface area contributed by atoms with Gasteiger partial charge in [0.15, 0.2) is 0 Å². The van der Waals surface area contributed by atoms with E-state index in [1.165, 1.54) is 4.90 Å². The Morgan fingerprint density at radius 2 is 2.12 bits per heavy atom. The summed E-state index contributed by atoms with van der Waals surface area (Å²) in [6.07, 6.45) is 3.64. The van der Waals surface area contributed by atoms with E-state index in [1.54, 1.807) is 6.92 Å². The van der Waals surface area contributed by atoms with Crippen molar-refractivity contribution in [1.29, 1.82) is 0 Å². The molecule has 1 saturated heterocycles. The Labute approximate surface area is 95.4 Å². The van der Waals surface area contributed by atoms with Crippen LogP contribution in [0.15, 0.2) is 0 Å². The van der Waals surface area contributed by atoms with Gasteiger partial charge in [-0.25, -0.2) is 4.79 Å². The molecule has 5 heteroatoms. The number of esters is 1. The molecule has 1 atom stereocenters. The van der Waals surface area contributed by atoms with Gasteiger partial charge in [0.1, 0.15) is 0 Å². The number of ether oxygens (including phenoxy) is 1. The predicted molar refractivity (Wildman–Crippen MR) is 57.7 cm³/mol. The van der Waals surface area contributed by atoms with Gasteiger partial charge in [0.05, 0.1) is 19.3 Å². The van der Waals surface area contributed by atoms with Crippen molar-refractivity contribution in [3.05, 3.63) is 0 Å². The maximum absolute atomic E-state index is 11.8. The molecule has 0 aromatic heterocycles. The number of hydrogen-bond acceptors (Lipinski definition) is 4. The van der Waals surface area contributed by atoms with E-state index in [0.29, 0.717) is 6.54 Å². The first kappa shape index (κ1) is 13.0. The zero-order valence-electron chi connectivity index (χ0n) is 9.65. The number of rotatable bonds is 2. The number of nitrogens with zero attached hydrogens (tertiary/aromatic N) is 1. The molecule has 1 aliphatic rings. The Kier molecular flexibility index (Phi) is 5.25. The minimum absolute atomic E-state index is 0.0921. The third kappa shape index (κ3) is 3.20. The second kappa shape index (κ2) is 6.48. The number of amides is 1. The molecule has 1 unspecified atom stereocenters. The van der Waals surface area contributed by atoms with Gasteiger partial charge in [0.25, 0.3) is 0 Å². The number of likely N-dealkylation sites (tertiary alicyclic amines) is 1. The lowest BCUT2D eigenvalue weighted by Crippen LogP contribution is -2.46. The van der Waals surface area contributed by atoms with E-state index in [4.69, 9.17) is 0 Å². The second-order valence-electron chi connectivity index (χ2n) is 3.90. The summed E-state index contributed by atoms with van der Waals surface area (Å²) < 4.78 is 4.68. The van der Waals surface area contributed by atoms with Gasteiger partial charge < -0.3 is 14.7 Å². The summed E-state index contributed by atoms with van der Waals surface area (Å²) in [6, 6.07) is -0.237. The van der Waals surface area contributed by atoms with Crippen LogP contribution in [0.2, 0.25) is 0 Å². The topological polar surface area (TPSA) is 66.8 Å². The van der Waals surface area contributed by atoms with Gasteiger partial charge in [-0.3, -0.25) is 4.79 Å². The van der Waals surface area contributed by atoms with E-state index in [1.807, 2.05) is 0 Å². The second-order valence-corrected chi connectivity index (χ2v) is 3.90. The van der Waals surface area contributed by atoms with Crippen LogP contribution in [0.1, 0.15) is 32.6 Å². The summed E-state index contributed by atoms with van der Waals surface area (Å²) in [5.74, 6) is -1.44. The Morgan fingerprint density at radius 1 is 1.38 bits per heavy atom. The number of carbonyl (C=O) groups excluding carboxylic acids is 2. The van der Waals surface area contributed by atoms with E-state index in [2.05, 4.69) is 4.74 Å². The highest BCUT2D eigenvalue weighted by Gasteiger charge is 2.29. The third-order valence-corrected chi connectivity index (χ3v) is 2.80. The molecule has 1 rings (SSSR count). The summed E-state index contributed by atoms with van der Waals surface area (Å²) in [7, 11) is 0. The number of aliphatic hydroxyl groups excluding tert-OH is 1. The van der Waals surface area contributed by atoms with Crippen LogP contribution < -0.4 is 0 Å². The zero-order chi connectivity index (χ0) is 12.0. The fourth-order valence-corrected chi connectivity index (χ4v) is 1.94. The van der Waals surface area contributed by atoms with Crippen molar-refractivity contribution in [2.75, 3.05) is 19.8 Å².